The highest BCUT2D eigenvalue weighted by Gasteiger charge is 2.19. The SMILES string of the molecule is COc1ccc(CC(CC(=O)Cc2ccc(Cl)cc2)Cc2n[nH]c(=O)o2)cc1. The maximum Gasteiger partial charge on any atom is 0.434 e. The fourth-order valence-corrected chi connectivity index (χ4v) is 3.26. The number of benzene rings is 2. The Morgan fingerprint density at radius 2 is 1.79 bits per heavy atom. The van der Waals surface area contributed by atoms with Crippen molar-refractivity contribution in [1.29, 1.82) is 0 Å². The van der Waals surface area contributed by atoms with Crippen LogP contribution in [-0.2, 0) is 24.1 Å². The second-order valence-corrected chi connectivity index (χ2v) is 7.11. The van der Waals surface area contributed by atoms with Crippen molar-refractivity contribution >= 4 is 17.4 Å². The summed E-state index contributed by atoms with van der Waals surface area (Å²) in [5, 5.41) is 6.78. The molecule has 0 bridgehead atoms. The number of aromatic amines is 1. The van der Waals surface area contributed by atoms with Gasteiger partial charge in [-0.3, -0.25) is 4.79 Å². The highest BCUT2D eigenvalue weighted by molar-refractivity contribution is 6.30. The third-order valence-corrected chi connectivity index (χ3v) is 4.71. The zero-order valence-electron chi connectivity index (χ0n) is 15.5. The molecule has 28 heavy (non-hydrogen) atoms. The van der Waals surface area contributed by atoms with Gasteiger partial charge in [-0.1, -0.05) is 35.9 Å². The average Bonchev–Trinajstić information content (AvgIpc) is 3.09. The van der Waals surface area contributed by atoms with E-state index in [1.54, 1.807) is 19.2 Å². The molecule has 3 aromatic rings. The van der Waals surface area contributed by atoms with Crippen LogP contribution in [0.4, 0.5) is 0 Å². The Balaban J connectivity index is 1.69. The topological polar surface area (TPSA) is 85.2 Å². The zero-order chi connectivity index (χ0) is 19.9. The Morgan fingerprint density at radius 1 is 1.11 bits per heavy atom. The summed E-state index contributed by atoms with van der Waals surface area (Å²) in [4.78, 5) is 23.8. The first-order chi connectivity index (χ1) is 13.5. The maximum absolute atomic E-state index is 12.6. The van der Waals surface area contributed by atoms with E-state index in [9.17, 15) is 9.59 Å². The first kappa shape index (κ1) is 19.9. The van der Waals surface area contributed by atoms with E-state index in [4.69, 9.17) is 20.8 Å². The van der Waals surface area contributed by atoms with Gasteiger partial charge in [0, 0.05) is 24.3 Å². The smallest absolute Gasteiger partial charge is 0.434 e. The summed E-state index contributed by atoms with van der Waals surface area (Å²) in [6, 6.07) is 15.0. The number of Topliss-reactive ketones (excluding diaryl/α,β-unsaturated/α-hetero) is 1. The summed E-state index contributed by atoms with van der Waals surface area (Å²) in [6.45, 7) is 0. The second kappa shape index (κ2) is 9.37. The molecule has 1 N–H and O–H groups in total. The zero-order valence-corrected chi connectivity index (χ0v) is 16.2. The molecule has 1 aromatic heterocycles. The van der Waals surface area contributed by atoms with Crippen molar-refractivity contribution in [2.24, 2.45) is 5.92 Å². The van der Waals surface area contributed by atoms with E-state index in [0.717, 1.165) is 16.9 Å². The lowest BCUT2D eigenvalue weighted by Crippen LogP contribution is -2.16. The summed E-state index contributed by atoms with van der Waals surface area (Å²) >= 11 is 5.90. The monoisotopic (exact) mass is 400 g/mol. The Morgan fingerprint density at radius 3 is 2.39 bits per heavy atom. The number of aromatic nitrogens is 2. The van der Waals surface area contributed by atoms with E-state index < -0.39 is 5.76 Å². The molecule has 0 aliphatic carbocycles. The highest BCUT2D eigenvalue weighted by atomic mass is 35.5. The molecule has 0 amide bonds. The summed E-state index contributed by atoms with van der Waals surface area (Å²) in [7, 11) is 1.62. The third-order valence-electron chi connectivity index (χ3n) is 4.46. The van der Waals surface area contributed by atoms with Crippen molar-refractivity contribution in [2.45, 2.75) is 25.7 Å². The number of nitrogens with zero attached hydrogens (tertiary/aromatic N) is 1. The van der Waals surface area contributed by atoms with Crippen molar-refractivity contribution in [3.63, 3.8) is 0 Å². The number of ether oxygens (including phenoxy) is 1. The van der Waals surface area contributed by atoms with Crippen LogP contribution >= 0.6 is 11.6 Å². The number of methoxy groups -OCH3 is 1. The Bertz CT molecular complexity index is 961. The first-order valence-electron chi connectivity index (χ1n) is 8.95. The summed E-state index contributed by atoms with van der Waals surface area (Å²) in [5.74, 6) is 0.560. The molecule has 3 rings (SSSR count). The predicted molar refractivity (Wildman–Crippen MR) is 106 cm³/mol. The molecular formula is C21H21ClN2O4. The van der Waals surface area contributed by atoms with E-state index in [1.807, 2.05) is 36.4 Å². The molecule has 0 radical (unpaired) electrons. The molecule has 0 saturated carbocycles. The third kappa shape index (κ3) is 5.82. The lowest BCUT2D eigenvalue weighted by Gasteiger charge is -2.15. The normalized spacial score (nSPS) is 11.9. The van der Waals surface area contributed by atoms with Crippen molar-refractivity contribution in [3.8, 4) is 5.75 Å². The van der Waals surface area contributed by atoms with E-state index in [1.165, 1.54) is 0 Å². The summed E-state index contributed by atoms with van der Waals surface area (Å²) in [6.07, 6.45) is 1.75. The van der Waals surface area contributed by atoms with Crippen LogP contribution in [0.3, 0.4) is 0 Å². The van der Waals surface area contributed by atoms with Crippen molar-refractivity contribution in [3.05, 3.63) is 81.1 Å². The molecule has 7 heteroatoms. The molecule has 0 fully saturated rings. The highest BCUT2D eigenvalue weighted by Crippen LogP contribution is 2.21. The number of hydrogen-bond donors (Lipinski definition) is 1. The fraction of sp³-hybridized carbons (Fsp3) is 0.286. The Hall–Kier alpha value is -2.86. The Kier molecular flexibility index (Phi) is 6.66. The minimum Gasteiger partial charge on any atom is -0.497 e. The van der Waals surface area contributed by atoms with Crippen LogP contribution in [0.2, 0.25) is 5.02 Å². The van der Waals surface area contributed by atoms with E-state index >= 15 is 0 Å². The first-order valence-corrected chi connectivity index (χ1v) is 9.33. The number of ketones is 1. The maximum atomic E-state index is 12.6. The van der Waals surface area contributed by atoms with Gasteiger partial charge in [0.1, 0.15) is 11.5 Å². The fourth-order valence-electron chi connectivity index (χ4n) is 3.13. The standard InChI is InChI=1S/C21H21ClN2O4/c1-27-19-8-4-14(5-9-19)10-16(13-20-23-24-21(26)28-20)12-18(25)11-15-2-6-17(22)7-3-15/h2-9,16H,10-13H2,1H3,(H,24,26). The van der Waals surface area contributed by atoms with Crippen LogP contribution in [0, 0.1) is 5.92 Å². The number of halogens is 1. The van der Waals surface area contributed by atoms with Gasteiger partial charge in [0.05, 0.1) is 7.11 Å². The van der Waals surface area contributed by atoms with Gasteiger partial charge < -0.3 is 9.15 Å². The quantitative estimate of drug-likeness (QED) is 0.592. The van der Waals surface area contributed by atoms with E-state index in [-0.39, 0.29) is 11.7 Å². The molecule has 1 heterocycles. The lowest BCUT2D eigenvalue weighted by molar-refractivity contribution is -0.119. The Labute approximate surface area is 167 Å². The molecule has 1 unspecified atom stereocenters. The summed E-state index contributed by atoms with van der Waals surface area (Å²) in [5.41, 5.74) is 1.99. The van der Waals surface area contributed by atoms with Crippen LogP contribution in [-0.4, -0.2) is 23.1 Å². The van der Waals surface area contributed by atoms with Crippen molar-refractivity contribution in [2.75, 3.05) is 7.11 Å². The van der Waals surface area contributed by atoms with Gasteiger partial charge in [0.25, 0.3) is 0 Å². The van der Waals surface area contributed by atoms with Crippen molar-refractivity contribution in [1.82, 2.24) is 10.2 Å². The van der Waals surface area contributed by atoms with Crippen LogP contribution in [0.15, 0.2) is 57.7 Å². The molecule has 0 aliphatic rings. The minimum atomic E-state index is -0.592. The number of H-pyrrole nitrogens is 1. The second-order valence-electron chi connectivity index (χ2n) is 6.68. The van der Waals surface area contributed by atoms with Gasteiger partial charge in [-0.05, 0) is 47.7 Å². The predicted octanol–water partition coefficient (Wildman–Crippen LogP) is 3.63. The number of nitrogens with one attached hydrogen (secondary N) is 1. The van der Waals surface area contributed by atoms with Crippen LogP contribution in [0.5, 0.6) is 5.75 Å². The van der Waals surface area contributed by atoms with Gasteiger partial charge in [-0.2, -0.15) is 0 Å². The molecule has 146 valence electrons. The largest absolute Gasteiger partial charge is 0.497 e. The number of hydrogen-bond acceptors (Lipinski definition) is 5. The lowest BCUT2D eigenvalue weighted by atomic mass is 9.90. The molecule has 2 aromatic carbocycles. The van der Waals surface area contributed by atoms with Crippen LogP contribution in [0.1, 0.15) is 23.4 Å². The molecule has 0 spiro atoms. The van der Waals surface area contributed by atoms with E-state index in [2.05, 4.69) is 10.2 Å². The van der Waals surface area contributed by atoms with Gasteiger partial charge in [0.2, 0.25) is 5.89 Å². The molecule has 6 nitrogen and oxygen atoms in total. The van der Waals surface area contributed by atoms with Gasteiger partial charge in [-0.15, -0.1) is 5.10 Å². The van der Waals surface area contributed by atoms with Gasteiger partial charge in [0.15, 0.2) is 0 Å². The van der Waals surface area contributed by atoms with Gasteiger partial charge in [-0.25, -0.2) is 9.89 Å². The molecule has 0 aliphatic heterocycles. The van der Waals surface area contributed by atoms with E-state index in [0.29, 0.717) is 36.6 Å². The number of carbonyl (C=O) groups excluding carboxylic acids is 1. The average molecular weight is 401 g/mol. The molecular weight excluding hydrogens is 380 g/mol. The van der Waals surface area contributed by atoms with Crippen molar-refractivity contribution < 1.29 is 13.9 Å². The number of rotatable bonds is 9. The minimum absolute atomic E-state index is 0.0420. The molecule has 1 atom stereocenters. The molecule has 0 saturated heterocycles. The summed E-state index contributed by atoms with van der Waals surface area (Å²) < 4.78 is 10.2. The number of carbonyl (C=O) groups is 1. The van der Waals surface area contributed by atoms with Gasteiger partial charge >= 0.3 is 5.76 Å². The van der Waals surface area contributed by atoms with Crippen LogP contribution in [0.25, 0.3) is 0 Å². The van der Waals surface area contributed by atoms with Crippen LogP contribution < -0.4 is 10.5 Å².